The molecule has 9 nitrogen and oxygen atoms in total. The number of anilines is 2. The Kier molecular flexibility index (Phi) is 7.35. The number of halogens is 3. The molecule has 0 bridgehead atoms. The number of fused-ring (bicyclic) bond motifs is 1. The number of rotatable bonds is 5. The molecule has 2 aliphatic heterocycles. The van der Waals surface area contributed by atoms with Gasteiger partial charge in [0.2, 0.25) is 5.95 Å². The summed E-state index contributed by atoms with van der Waals surface area (Å²) in [6, 6.07) is 10.3. The van der Waals surface area contributed by atoms with Crippen molar-refractivity contribution in [3.05, 3.63) is 42.0 Å². The van der Waals surface area contributed by atoms with Crippen molar-refractivity contribution < 1.29 is 27.4 Å². The van der Waals surface area contributed by atoms with Crippen molar-refractivity contribution in [2.75, 3.05) is 55.9 Å². The molecule has 2 saturated heterocycles. The normalized spacial score (nSPS) is 20.6. The molecule has 2 fully saturated rings. The van der Waals surface area contributed by atoms with E-state index in [4.69, 9.17) is 24.4 Å². The fourth-order valence-electron chi connectivity index (χ4n) is 4.66. The Bertz CT molecular complexity index is 1320. The standard InChI is InChI=1S/C26H29F3N6O3/c1-16-13-37-10-8-34(16)23-20-6-7-21(18-4-3-5-19(12-18)24(36)30-15-26(27,28)29)31-22(20)32-25(33-23)35-9-11-38-14-17(35)2/h3-7,12,16-17H,8-11,13-15H2,1-2H3,(H,30,36)/t16-,17-/m0/s1. The lowest BCUT2D eigenvalue weighted by Gasteiger charge is -2.37. The molecule has 38 heavy (non-hydrogen) atoms. The molecular weight excluding hydrogens is 501 g/mol. The predicted molar refractivity (Wildman–Crippen MR) is 136 cm³/mol. The average Bonchev–Trinajstić information content (AvgIpc) is 2.91. The molecule has 0 unspecified atom stereocenters. The summed E-state index contributed by atoms with van der Waals surface area (Å²) in [4.78, 5) is 31.2. The number of morpholine rings is 2. The number of carbonyl (C=O) groups is 1. The minimum Gasteiger partial charge on any atom is -0.377 e. The summed E-state index contributed by atoms with van der Waals surface area (Å²) >= 11 is 0. The first-order chi connectivity index (χ1) is 18.2. The SMILES string of the molecule is C[C@H]1COCCN1c1nc(N2CCOC[C@@H]2C)c2ccc(-c3cccc(C(=O)NCC(F)(F)F)c3)nc2n1. The van der Waals surface area contributed by atoms with E-state index in [0.717, 1.165) is 11.2 Å². The van der Waals surface area contributed by atoms with Crippen LogP contribution in [-0.2, 0) is 9.47 Å². The van der Waals surface area contributed by atoms with Gasteiger partial charge in [-0.25, -0.2) is 4.98 Å². The molecule has 1 aromatic carbocycles. The fourth-order valence-corrected chi connectivity index (χ4v) is 4.66. The summed E-state index contributed by atoms with van der Waals surface area (Å²) in [5.41, 5.74) is 1.74. The van der Waals surface area contributed by atoms with Crippen molar-refractivity contribution in [3.63, 3.8) is 0 Å². The Labute approximate surface area is 218 Å². The van der Waals surface area contributed by atoms with Crippen LogP contribution in [0.1, 0.15) is 24.2 Å². The van der Waals surface area contributed by atoms with Gasteiger partial charge in [0.05, 0.1) is 49.6 Å². The van der Waals surface area contributed by atoms with Gasteiger partial charge < -0.3 is 24.6 Å². The van der Waals surface area contributed by atoms with Crippen LogP contribution in [-0.4, -0.2) is 85.2 Å². The maximum atomic E-state index is 12.5. The van der Waals surface area contributed by atoms with Crippen molar-refractivity contribution in [2.45, 2.75) is 32.1 Å². The largest absolute Gasteiger partial charge is 0.405 e. The molecule has 202 valence electrons. The van der Waals surface area contributed by atoms with Gasteiger partial charge in [-0.05, 0) is 38.1 Å². The van der Waals surface area contributed by atoms with Gasteiger partial charge in [-0.3, -0.25) is 4.79 Å². The van der Waals surface area contributed by atoms with Crippen molar-refractivity contribution in [1.82, 2.24) is 20.3 Å². The van der Waals surface area contributed by atoms with Crippen LogP contribution in [0.2, 0.25) is 0 Å². The van der Waals surface area contributed by atoms with Gasteiger partial charge in [0.1, 0.15) is 12.4 Å². The Morgan fingerprint density at radius 1 is 1.00 bits per heavy atom. The van der Waals surface area contributed by atoms with Crippen LogP contribution in [0.25, 0.3) is 22.3 Å². The number of ether oxygens (including phenoxy) is 2. The number of nitrogens with one attached hydrogen (secondary N) is 1. The van der Waals surface area contributed by atoms with E-state index in [1.807, 2.05) is 17.4 Å². The van der Waals surface area contributed by atoms with Crippen LogP contribution in [0.3, 0.4) is 0 Å². The highest BCUT2D eigenvalue weighted by Gasteiger charge is 2.29. The second-order valence-electron chi connectivity index (χ2n) is 9.53. The molecule has 0 spiro atoms. The van der Waals surface area contributed by atoms with Crippen molar-refractivity contribution in [1.29, 1.82) is 0 Å². The van der Waals surface area contributed by atoms with E-state index >= 15 is 0 Å². The lowest BCUT2D eigenvalue weighted by molar-refractivity contribution is -0.123. The molecule has 2 aliphatic rings. The van der Waals surface area contributed by atoms with Crippen LogP contribution in [0.4, 0.5) is 24.9 Å². The van der Waals surface area contributed by atoms with E-state index < -0.39 is 18.6 Å². The van der Waals surface area contributed by atoms with Gasteiger partial charge in [0, 0.05) is 24.2 Å². The van der Waals surface area contributed by atoms with Gasteiger partial charge in [-0.2, -0.15) is 23.1 Å². The van der Waals surface area contributed by atoms with E-state index in [1.54, 1.807) is 12.1 Å². The second-order valence-corrected chi connectivity index (χ2v) is 9.53. The van der Waals surface area contributed by atoms with Crippen LogP contribution >= 0.6 is 0 Å². The molecule has 12 heteroatoms. The number of aromatic nitrogens is 3. The monoisotopic (exact) mass is 530 g/mol. The number of pyridine rings is 1. The topological polar surface area (TPSA) is 92.7 Å². The van der Waals surface area contributed by atoms with Gasteiger partial charge >= 0.3 is 6.18 Å². The minimum absolute atomic E-state index is 0.0891. The Morgan fingerprint density at radius 3 is 2.39 bits per heavy atom. The lowest BCUT2D eigenvalue weighted by atomic mass is 10.1. The van der Waals surface area contributed by atoms with Gasteiger partial charge in [0.15, 0.2) is 5.65 Å². The number of carbonyl (C=O) groups excluding carboxylic acids is 1. The summed E-state index contributed by atoms with van der Waals surface area (Å²) in [6.45, 7) is 6.41. The third kappa shape index (κ3) is 5.65. The fraction of sp³-hybridized carbons (Fsp3) is 0.462. The van der Waals surface area contributed by atoms with Gasteiger partial charge in [-0.15, -0.1) is 0 Å². The average molecular weight is 531 g/mol. The molecule has 5 rings (SSSR count). The van der Waals surface area contributed by atoms with Crippen molar-refractivity contribution in [3.8, 4) is 11.3 Å². The van der Waals surface area contributed by atoms with E-state index in [2.05, 4.69) is 23.6 Å². The van der Waals surface area contributed by atoms with Gasteiger partial charge in [0.25, 0.3) is 5.91 Å². The Balaban J connectivity index is 1.54. The highest BCUT2D eigenvalue weighted by molar-refractivity contribution is 5.96. The third-order valence-electron chi connectivity index (χ3n) is 6.66. The maximum Gasteiger partial charge on any atom is 0.405 e. The molecule has 0 radical (unpaired) electrons. The van der Waals surface area contributed by atoms with E-state index in [-0.39, 0.29) is 17.6 Å². The van der Waals surface area contributed by atoms with Crippen LogP contribution in [0.5, 0.6) is 0 Å². The summed E-state index contributed by atoms with van der Waals surface area (Å²) in [5, 5.41) is 2.69. The zero-order valence-electron chi connectivity index (χ0n) is 21.2. The number of nitrogens with zero attached hydrogens (tertiary/aromatic N) is 5. The first-order valence-electron chi connectivity index (χ1n) is 12.5. The van der Waals surface area contributed by atoms with Crippen LogP contribution < -0.4 is 15.1 Å². The van der Waals surface area contributed by atoms with Crippen molar-refractivity contribution >= 4 is 28.7 Å². The van der Waals surface area contributed by atoms with E-state index in [1.165, 1.54) is 12.1 Å². The first-order valence-corrected chi connectivity index (χ1v) is 12.5. The first kappa shape index (κ1) is 26.1. The molecule has 2 atom stereocenters. The third-order valence-corrected chi connectivity index (χ3v) is 6.66. The van der Waals surface area contributed by atoms with Crippen molar-refractivity contribution in [2.24, 2.45) is 0 Å². The predicted octanol–water partition coefficient (Wildman–Crippen LogP) is 3.43. The van der Waals surface area contributed by atoms with Crippen LogP contribution in [0.15, 0.2) is 36.4 Å². The Morgan fingerprint density at radius 2 is 1.71 bits per heavy atom. The minimum atomic E-state index is -4.49. The molecular formula is C26H29F3N6O3. The van der Waals surface area contributed by atoms with Gasteiger partial charge in [-0.1, -0.05) is 12.1 Å². The molecule has 2 aromatic heterocycles. The van der Waals surface area contributed by atoms with E-state index in [0.29, 0.717) is 62.4 Å². The number of alkyl halides is 3. The molecule has 0 saturated carbocycles. The quantitative estimate of drug-likeness (QED) is 0.537. The number of amides is 1. The number of hydrogen-bond donors (Lipinski definition) is 1. The maximum absolute atomic E-state index is 12.5. The number of hydrogen-bond acceptors (Lipinski definition) is 8. The summed E-state index contributed by atoms with van der Waals surface area (Å²) in [6.07, 6.45) is -4.49. The second kappa shape index (κ2) is 10.7. The zero-order chi connectivity index (χ0) is 26.9. The zero-order valence-corrected chi connectivity index (χ0v) is 21.2. The van der Waals surface area contributed by atoms with E-state index in [9.17, 15) is 18.0 Å². The van der Waals surface area contributed by atoms with Crippen LogP contribution in [0, 0.1) is 0 Å². The molecule has 1 N–H and O–H groups in total. The molecule has 1 amide bonds. The smallest absolute Gasteiger partial charge is 0.377 e. The number of benzene rings is 1. The summed E-state index contributed by atoms with van der Waals surface area (Å²) in [7, 11) is 0. The molecule has 0 aliphatic carbocycles. The summed E-state index contributed by atoms with van der Waals surface area (Å²) in [5.74, 6) is 0.533. The highest BCUT2D eigenvalue weighted by atomic mass is 19.4. The molecule has 3 aromatic rings. The lowest BCUT2D eigenvalue weighted by Crippen LogP contribution is -2.46. The Hall–Kier alpha value is -3.51. The highest BCUT2D eigenvalue weighted by Crippen LogP contribution is 2.31. The molecule has 4 heterocycles. The summed E-state index contributed by atoms with van der Waals surface area (Å²) < 4.78 is 48.9.